The van der Waals surface area contributed by atoms with Crippen molar-refractivity contribution in [3.8, 4) is 56.2 Å². The van der Waals surface area contributed by atoms with Gasteiger partial charge >= 0.3 is 0 Å². The molecule has 1 aromatic heterocycles. The fourth-order valence-electron chi connectivity index (χ4n) is 8.37. The fourth-order valence-corrected chi connectivity index (χ4v) is 8.37. The van der Waals surface area contributed by atoms with Gasteiger partial charge in [0.1, 0.15) is 0 Å². The lowest BCUT2D eigenvalue weighted by atomic mass is 9.82. The van der Waals surface area contributed by atoms with E-state index in [-0.39, 0.29) is 5.41 Å². The van der Waals surface area contributed by atoms with Crippen molar-refractivity contribution in [3.63, 3.8) is 0 Å². The molecule has 0 bridgehead atoms. The number of benzene rings is 8. The number of aromatic nitrogens is 2. The first-order chi connectivity index (χ1) is 25.0. The Kier molecular flexibility index (Phi) is 6.56. The Morgan fingerprint density at radius 2 is 0.922 bits per heavy atom. The number of hydrogen-bond acceptors (Lipinski definition) is 2. The van der Waals surface area contributed by atoms with Crippen molar-refractivity contribution in [1.29, 1.82) is 0 Å². The molecule has 0 aliphatic heterocycles. The van der Waals surface area contributed by atoms with Gasteiger partial charge in [0.2, 0.25) is 0 Å². The molecule has 8 aromatic carbocycles. The summed E-state index contributed by atoms with van der Waals surface area (Å²) in [5, 5.41) is 7.22. The summed E-state index contributed by atoms with van der Waals surface area (Å²) < 4.78 is 0. The van der Waals surface area contributed by atoms with Crippen molar-refractivity contribution < 1.29 is 0 Å². The molecule has 2 nitrogen and oxygen atoms in total. The van der Waals surface area contributed by atoms with Crippen molar-refractivity contribution in [1.82, 2.24) is 9.97 Å². The van der Waals surface area contributed by atoms with E-state index in [0.29, 0.717) is 5.82 Å². The first-order valence-electron chi connectivity index (χ1n) is 17.7. The first kappa shape index (κ1) is 29.5. The highest BCUT2D eigenvalue weighted by molar-refractivity contribution is 6.14. The molecule has 0 amide bonds. The van der Waals surface area contributed by atoms with Gasteiger partial charge in [0.15, 0.2) is 5.82 Å². The lowest BCUT2D eigenvalue weighted by Gasteiger charge is -2.21. The molecule has 2 heteroatoms. The third kappa shape index (κ3) is 4.64. The van der Waals surface area contributed by atoms with Gasteiger partial charge in [-0.1, -0.05) is 166 Å². The van der Waals surface area contributed by atoms with Crippen molar-refractivity contribution >= 4 is 32.3 Å². The number of nitrogens with zero attached hydrogens (tertiary/aromatic N) is 2. The average molecular weight is 651 g/mol. The maximum absolute atomic E-state index is 5.27. The zero-order valence-electron chi connectivity index (χ0n) is 28.6. The summed E-state index contributed by atoms with van der Waals surface area (Å²) in [5.41, 5.74) is 12.9. The minimum atomic E-state index is -0.0199. The van der Waals surface area contributed by atoms with E-state index in [2.05, 4.69) is 178 Å². The molecule has 0 unspecified atom stereocenters. The van der Waals surface area contributed by atoms with E-state index < -0.39 is 0 Å². The largest absolute Gasteiger partial charge is 0.228 e. The molecular weight excluding hydrogens is 617 g/mol. The predicted octanol–water partition coefficient (Wildman–Crippen LogP) is 12.9. The third-order valence-electron chi connectivity index (χ3n) is 10.9. The van der Waals surface area contributed by atoms with Crippen LogP contribution in [0.5, 0.6) is 0 Å². The van der Waals surface area contributed by atoms with E-state index in [1.165, 1.54) is 65.7 Å². The third-order valence-corrected chi connectivity index (χ3v) is 10.9. The maximum Gasteiger partial charge on any atom is 0.160 e. The van der Waals surface area contributed by atoms with Gasteiger partial charge < -0.3 is 0 Å². The summed E-state index contributed by atoms with van der Waals surface area (Å²) in [4.78, 5) is 10.5. The number of rotatable bonds is 4. The highest BCUT2D eigenvalue weighted by Crippen LogP contribution is 2.50. The molecular formula is C49H34N2. The summed E-state index contributed by atoms with van der Waals surface area (Å²) in [6.45, 7) is 4.67. The molecule has 10 rings (SSSR count). The van der Waals surface area contributed by atoms with E-state index in [4.69, 9.17) is 9.97 Å². The van der Waals surface area contributed by atoms with Gasteiger partial charge in [-0.25, -0.2) is 9.97 Å². The summed E-state index contributed by atoms with van der Waals surface area (Å²) in [7, 11) is 0. The lowest BCUT2D eigenvalue weighted by Crippen LogP contribution is -2.14. The van der Waals surface area contributed by atoms with Crippen molar-refractivity contribution in [2.75, 3.05) is 0 Å². The Balaban J connectivity index is 1.19. The van der Waals surface area contributed by atoms with Gasteiger partial charge in [-0.15, -0.1) is 0 Å². The number of fused-ring (bicyclic) bond motifs is 7. The first-order valence-corrected chi connectivity index (χ1v) is 17.7. The lowest BCUT2D eigenvalue weighted by molar-refractivity contribution is 0.660. The van der Waals surface area contributed by atoms with Crippen molar-refractivity contribution in [2.24, 2.45) is 0 Å². The molecule has 240 valence electrons. The Labute approximate surface area is 297 Å². The summed E-state index contributed by atoms with van der Waals surface area (Å²) in [6, 6.07) is 61.2. The molecule has 0 fully saturated rings. The zero-order valence-corrected chi connectivity index (χ0v) is 28.6. The molecule has 0 N–H and O–H groups in total. The second-order valence-electron chi connectivity index (χ2n) is 14.2. The van der Waals surface area contributed by atoms with E-state index in [1.54, 1.807) is 0 Å². The summed E-state index contributed by atoms with van der Waals surface area (Å²) >= 11 is 0. The molecule has 0 spiro atoms. The van der Waals surface area contributed by atoms with Gasteiger partial charge in [0.25, 0.3) is 0 Å². The van der Waals surface area contributed by atoms with Crippen LogP contribution in [-0.4, -0.2) is 9.97 Å². The topological polar surface area (TPSA) is 25.8 Å². The Morgan fingerprint density at radius 3 is 1.71 bits per heavy atom. The van der Waals surface area contributed by atoms with Crippen LogP contribution in [0, 0.1) is 0 Å². The van der Waals surface area contributed by atoms with E-state index >= 15 is 0 Å². The zero-order chi connectivity index (χ0) is 34.1. The maximum atomic E-state index is 5.27. The van der Waals surface area contributed by atoms with Crippen LogP contribution >= 0.6 is 0 Å². The fraction of sp³-hybridized carbons (Fsp3) is 0.0612. The molecule has 0 saturated carbocycles. The summed E-state index contributed by atoms with van der Waals surface area (Å²) in [6.07, 6.45) is 0. The Bertz CT molecular complexity index is 2830. The molecule has 0 saturated heterocycles. The smallest absolute Gasteiger partial charge is 0.160 e. The van der Waals surface area contributed by atoms with Gasteiger partial charge in [-0.05, 0) is 83.9 Å². The van der Waals surface area contributed by atoms with Crippen LogP contribution < -0.4 is 0 Å². The van der Waals surface area contributed by atoms with Gasteiger partial charge in [-0.3, -0.25) is 0 Å². The second-order valence-corrected chi connectivity index (χ2v) is 14.2. The van der Waals surface area contributed by atoms with Crippen molar-refractivity contribution in [2.45, 2.75) is 19.3 Å². The number of hydrogen-bond donors (Lipinski definition) is 0. The minimum Gasteiger partial charge on any atom is -0.228 e. The Morgan fingerprint density at radius 1 is 0.353 bits per heavy atom. The van der Waals surface area contributed by atoms with Gasteiger partial charge in [0, 0.05) is 22.1 Å². The SMILES string of the molecule is CC1(C)c2ccccc2-c2cc(-c3ccc(-c4cc(-c5cc6ccccc6c6ccccc56)nc(-c5ccccc5)n4)c4ccccc34)ccc21. The second kappa shape index (κ2) is 11.3. The molecule has 51 heavy (non-hydrogen) atoms. The molecule has 9 aromatic rings. The van der Waals surface area contributed by atoms with Crippen LogP contribution in [0.1, 0.15) is 25.0 Å². The van der Waals surface area contributed by atoms with Crippen molar-refractivity contribution in [3.05, 3.63) is 181 Å². The average Bonchev–Trinajstić information content (AvgIpc) is 3.42. The normalized spacial score (nSPS) is 13.1. The highest BCUT2D eigenvalue weighted by Gasteiger charge is 2.35. The molecule has 0 radical (unpaired) electrons. The van der Waals surface area contributed by atoms with Crippen LogP contribution in [0.4, 0.5) is 0 Å². The highest BCUT2D eigenvalue weighted by atomic mass is 14.9. The van der Waals surface area contributed by atoms with Crippen LogP contribution in [0.3, 0.4) is 0 Å². The minimum absolute atomic E-state index is 0.0199. The predicted molar refractivity (Wildman–Crippen MR) is 214 cm³/mol. The van der Waals surface area contributed by atoms with E-state index in [9.17, 15) is 0 Å². The molecule has 0 atom stereocenters. The monoisotopic (exact) mass is 650 g/mol. The van der Waals surface area contributed by atoms with Gasteiger partial charge in [-0.2, -0.15) is 0 Å². The summed E-state index contributed by atoms with van der Waals surface area (Å²) in [5.74, 6) is 0.716. The van der Waals surface area contributed by atoms with Crippen LogP contribution in [0.15, 0.2) is 170 Å². The molecule has 1 aliphatic carbocycles. The quantitative estimate of drug-likeness (QED) is 0.177. The van der Waals surface area contributed by atoms with Crippen LogP contribution in [-0.2, 0) is 5.41 Å². The van der Waals surface area contributed by atoms with E-state index in [0.717, 1.165) is 28.1 Å². The Hall–Kier alpha value is -6.38. The van der Waals surface area contributed by atoms with Gasteiger partial charge in [0.05, 0.1) is 11.4 Å². The van der Waals surface area contributed by atoms with E-state index in [1.807, 2.05) is 6.07 Å². The molecule has 1 aliphatic rings. The molecule has 1 heterocycles. The standard InChI is InChI=1S/C49H34N2/c1-49(2)44-23-13-12-22-40(44)42-28-33(24-27-45(42)49)35-25-26-41(38-20-10-8-19-37(35)38)46-30-47(51-48(50-46)31-14-4-3-5-15-31)43-29-32-16-6-7-17-34(32)36-18-9-11-21-39(36)43/h3-30H,1-2H3. The van der Waals surface area contributed by atoms with Crippen LogP contribution in [0.2, 0.25) is 0 Å². The van der Waals surface area contributed by atoms with Crippen LogP contribution in [0.25, 0.3) is 88.5 Å².